The average molecular weight is 171 g/mol. The Morgan fingerprint density at radius 3 is 1.60 bits per heavy atom. The molecule has 4 heteroatoms. The van der Waals surface area contributed by atoms with Gasteiger partial charge in [-0.25, -0.2) is 0 Å². The van der Waals surface area contributed by atoms with Gasteiger partial charge in [0.2, 0.25) is 0 Å². The molecule has 0 aliphatic carbocycles. The van der Waals surface area contributed by atoms with Crippen molar-refractivity contribution in [1.29, 1.82) is 0 Å². The van der Waals surface area contributed by atoms with E-state index in [0.717, 1.165) is 6.42 Å². The van der Waals surface area contributed by atoms with Crippen molar-refractivity contribution in [3.8, 4) is 0 Å². The molecule has 0 bridgehead atoms. The first-order valence-electron chi connectivity index (χ1n) is 3.07. The van der Waals surface area contributed by atoms with Crippen LogP contribution < -0.4 is 5.73 Å². The van der Waals surface area contributed by atoms with E-state index in [0.29, 0.717) is 6.54 Å². The number of halogens is 1. The minimum absolute atomic E-state index is 0. The van der Waals surface area contributed by atoms with E-state index in [1.54, 1.807) is 0 Å². The Morgan fingerprint density at radius 1 is 1.30 bits per heavy atom. The molecule has 0 unspecified atom stereocenters. The highest BCUT2D eigenvalue weighted by atomic mass is 35.5. The number of hydrogen-bond donors (Lipinski definition) is 2. The lowest BCUT2D eigenvalue weighted by atomic mass is 10.5. The van der Waals surface area contributed by atoms with Crippen molar-refractivity contribution in [1.82, 2.24) is 4.90 Å². The van der Waals surface area contributed by atoms with Gasteiger partial charge in [-0.15, -0.1) is 12.4 Å². The van der Waals surface area contributed by atoms with Crippen molar-refractivity contribution in [3.05, 3.63) is 0 Å². The quantitative estimate of drug-likeness (QED) is 0.610. The van der Waals surface area contributed by atoms with Crippen molar-refractivity contribution in [2.24, 2.45) is 5.73 Å². The van der Waals surface area contributed by atoms with Gasteiger partial charge in [0.15, 0.2) is 0 Å². The van der Waals surface area contributed by atoms with Crippen molar-refractivity contribution >= 4 is 12.4 Å². The Bertz CT molecular complexity index is 40.0. The van der Waals surface area contributed by atoms with Crippen LogP contribution >= 0.6 is 12.4 Å². The monoisotopic (exact) mass is 170 g/mol. The van der Waals surface area contributed by atoms with Crippen molar-refractivity contribution in [3.63, 3.8) is 0 Å². The van der Waals surface area contributed by atoms with Crippen LogP contribution in [0.15, 0.2) is 0 Å². The van der Waals surface area contributed by atoms with Gasteiger partial charge in [0.1, 0.15) is 0 Å². The number of hydrogen-bond acceptors (Lipinski definition) is 3. The van der Waals surface area contributed by atoms with Gasteiger partial charge in [0.05, 0.1) is 0 Å². The van der Waals surface area contributed by atoms with Crippen LogP contribution in [0.2, 0.25) is 0 Å². The molecule has 0 rings (SSSR count). The number of aliphatic hydroxyl groups excluding tert-OH is 1. The summed E-state index contributed by atoms with van der Waals surface area (Å²) < 4.78 is 0. The van der Waals surface area contributed by atoms with Crippen LogP contribution in [0.25, 0.3) is 0 Å². The predicted octanol–water partition coefficient (Wildman–Crippen LogP) is -0.0729. The van der Waals surface area contributed by atoms with E-state index in [4.69, 9.17) is 10.8 Å². The normalized spacial score (nSPS) is 7.80. The van der Waals surface area contributed by atoms with Gasteiger partial charge >= 0.3 is 0 Å². The van der Waals surface area contributed by atoms with E-state index in [2.05, 4.69) is 0 Å². The van der Waals surface area contributed by atoms with Gasteiger partial charge in [-0.1, -0.05) is 0 Å². The second-order valence-electron chi connectivity index (χ2n) is 2.21. The van der Waals surface area contributed by atoms with E-state index in [1.165, 1.54) is 0 Å². The topological polar surface area (TPSA) is 49.5 Å². The molecular weight excluding hydrogens is 152 g/mol. The molecule has 0 spiro atoms. The highest BCUT2D eigenvalue weighted by Crippen LogP contribution is 1.62. The molecule has 0 amide bonds. The Kier molecular flexibility index (Phi) is 26.7. The summed E-state index contributed by atoms with van der Waals surface area (Å²) in [5.74, 6) is 0. The maximum atomic E-state index is 7.99. The Labute approximate surface area is 69.6 Å². The molecule has 66 valence electrons. The summed E-state index contributed by atoms with van der Waals surface area (Å²) in [6, 6.07) is 0. The zero-order chi connectivity index (χ0) is 7.70. The maximum absolute atomic E-state index is 7.99. The van der Waals surface area contributed by atoms with Crippen LogP contribution in [0.1, 0.15) is 6.42 Å². The summed E-state index contributed by atoms with van der Waals surface area (Å²) in [5, 5.41) is 7.99. The molecule has 0 aliphatic rings. The maximum Gasteiger partial charge on any atom is 0.0443 e. The second-order valence-corrected chi connectivity index (χ2v) is 2.21. The van der Waals surface area contributed by atoms with Crippen LogP contribution in [0, 0.1) is 0 Å². The highest BCUT2D eigenvalue weighted by Gasteiger charge is 1.69. The Morgan fingerprint density at radius 2 is 1.60 bits per heavy atom. The molecule has 0 atom stereocenters. The van der Waals surface area contributed by atoms with E-state index in [-0.39, 0.29) is 19.0 Å². The van der Waals surface area contributed by atoms with Crippen LogP contribution in [0.4, 0.5) is 0 Å². The molecule has 0 fully saturated rings. The molecule has 0 aliphatic heterocycles. The molecule has 0 radical (unpaired) electrons. The van der Waals surface area contributed by atoms with Gasteiger partial charge in [-0.2, -0.15) is 0 Å². The summed E-state index contributed by atoms with van der Waals surface area (Å²) in [4.78, 5) is 2.00. The number of nitrogens with zero attached hydrogens (tertiary/aromatic N) is 1. The largest absolute Gasteiger partial charge is 0.396 e. The lowest BCUT2D eigenvalue weighted by molar-refractivity contribution is 0.291. The lowest BCUT2D eigenvalue weighted by Gasteiger charge is -1.90. The third kappa shape index (κ3) is 89.2. The molecular formula is C6H19ClN2O. The third-order valence-electron chi connectivity index (χ3n) is 0.362. The second kappa shape index (κ2) is 16.1. The van der Waals surface area contributed by atoms with Crippen molar-refractivity contribution in [2.75, 3.05) is 34.3 Å². The molecule has 0 aromatic heterocycles. The first kappa shape index (κ1) is 16.6. The highest BCUT2D eigenvalue weighted by molar-refractivity contribution is 5.85. The standard InChI is InChI=1S/C3H9NO.C3H9N.ClH/c4-2-1-3-5;1-4(2)3;/h5H,1-4H2;1-3H3;1H. The predicted molar refractivity (Wildman–Crippen MR) is 47.6 cm³/mol. The van der Waals surface area contributed by atoms with Gasteiger partial charge in [0, 0.05) is 6.61 Å². The van der Waals surface area contributed by atoms with Crippen molar-refractivity contribution < 1.29 is 5.11 Å². The van der Waals surface area contributed by atoms with E-state index in [9.17, 15) is 0 Å². The minimum Gasteiger partial charge on any atom is -0.396 e. The number of nitrogens with two attached hydrogens (primary N) is 1. The molecule has 0 heterocycles. The summed E-state index contributed by atoms with van der Waals surface area (Å²) in [7, 11) is 6.00. The van der Waals surface area contributed by atoms with Gasteiger partial charge < -0.3 is 15.7 Å². The number of aliphatic hydroxyl groups is 1. The molecule has 0 aromatic rings. The van der Waals surface area contributed by atoms with Gasteiger partial charge in [-0.3, -0.25) is 0 Å². The van der Waals surface area contributed by atoms with Gasteiger partial charge in [0.25, 0.3) is 0 Å². The molecule has 0 saturated carbocycles. The fraction of sp³-hybridized carbons (Fsp3) is 1.00. The van der Waals surface area contributed by atoms with Crippen LogP contribution in [-0.2, 0) is 0 Å². The number of rotatable bonds is 2. The summed E-state index contributed by atoms with van der Waals surface area (Å²) >= 11 is 0. The fourth-order valence-corrected chi connectivity index (χ4v) is 0.0913. The molecule has 0 aromatic carbocycles. The average Bonchev–Trinajstić information content (AvgIpc) is 1.66. The van der Waals surface area contributed by atoms with Crippen LogP contribution in [-0.4, -0.2) is 44.3 Å². The first-order valence-corrected chi connectivity index (χ1v) is 3.07. The zero-order valence-corrected chi connectivity index (χ0v) is 7.82. The van der Waals surface area contributed by atoms with Crippen LogP contribution in [0.3, 0.4) is 0 Å². The van der Waals surface area contributed by atoms with E-state index in [1.807, 2.05) is 26.0 Å². The fourth-order valence-electron chi connectivity index (χ4n) is 0.0913. The molecule has 3 nitrogen and oxygen atoms in total. The van der Waals surface area contributed by atoms with Crippen molar-refractivity contribution in [2.45, 2.75) is 6.42 Å². The van der Waals surface area contributed by atoms with E-state index >= 15 is 0 Å². The van der Waals surface area contributed by atoms with Crippen LogP contribution in [0.5, 0.6) is 0 Å². The summed E-state index contributed by atoms with van der Waals surface area (Å²) in [5.41, 5.74) is 4.98. The first-order chi connectivity index (χ1) is 4.15. The Balaban J connectivity index is -0.0000000910. The Hall–Kier alpha value is 0.170. The lowest BCUT2D eigenvalue weighted by Crippen LogP contribution is -1.99. The zero-order valence-electron chi connectivity index (χ0n) is 7.00. The van der Waals surface area contributed by atoms with E-state index < -0.39 is 0 Å². The molecule has 3 N–H and O–H groups in total. The smallest absolute Gasteiger partial charge is 0.0443 e. The van der Waals surface area contributed by atoms with Gasteiger partial charge in [-0.05, 0) is 34.1 Å². The summed E-state index contributed by atoms with van der Waals surface area (Å²) in [6.45, 7) is 0.812. The minimum atomic E-state index is 0. The third-order valence-corrected chi connectivity index (χ3v) is 0.362. The molecule has 0 saturated heterocycles. The summed E-state index contributed by atoms with van der Waals surface area (Å²) in [6.07, 6.45) is 0.722. The molecule has 10 heavy (non-hydrogen) atoms. The SMILES string of the molecule is CN(C)C.Cl.NCCCO.